The molecule has 0 bridgehead atoms. The first-order chi connectivity index (χ1) is 12.3. The number of thiophene rings is 2. The van der Waals surface area contributed by atoms with Gasteiger partial charge in [0.1, 0.15) is 16.2 Å². The molecule has 0 aliphatic heterocycles. The predicted octanol–water partition coefficient (Wildman–Crippen LogP) is 4.36. The first-order valence-electron chi connectivity index (χ1n) is 8.59. The number of ether oxygens (including phenoxy) is 1. The Hall–Kier alpha value is -1.99. The van der Waals surface area contributed by atoms with E-state index in [-0.39, 0.29) is 12.2 Å². The molecule has 0 unspecified atom stereocenters. The molecule has 3 heterocycles. The minimum atomic E-state index is -1.12. The fraction of sp³-hybridized carbons (Fsp3) is 0.421. The van der Waals surface area contributed by atoms with Crippen molar-refractivity contribution in [2.45, 2.75) is 46.6 Å². The number of carbonyl (C=O) groups is 1. The predicted molar refractivity (Wildman–Crippen MR) is 107 cm³/mol. The van der Waals surface area contributed by atoms with Gasteiger partial charge in [0.2, 0.25) is 0 Å². The highest BCUT2D eigenvalue weighted by Gasteiger charge is 2.35. The third-order valence-electron chi connectivity index (χ3n) is 4.39. The van der Waals surface area contributed by atoms with Gasteiger partial charge in [-0.05, 0) is 39.1 Å². The van der Waals surface area contributed by atoms with Gasteiger partial charge in [0.15, 0.2) is 0 Å². The largest absolute Gasteiger partial charge is 0.464 e. The number of hydrogen-bond acceptors (Lipinski definition) is 6. The standard InChI is InChI=1S/C19H22N2O3S2/c1-6-13-20-16-15(14(11(3)26-16)12-9-8-10-25-12)17(22)21(13)19(4,5)18(23)24-7-2/h8-10H,6-7H2,1-5H3. The molecule has 0 atom stereocenters. The molecule has 0 aliphatic rings. The lowest BCUT2D eigenvalue weighted by Crippen LogP contribution is -2.45. The Kier molecular flexibility index (Phi) is 5.03. The Morgan fingerprint density at radius 1 is 1.35 bits per heavy atom. The second-order valence-corrected chi connectivity index (χ2v) is 8.64. The van der Waals surface area contributed by atoms with E-state index in [4.69, 9.17) is 9.72 Å². The maximum absolute atomic E-state index is 13.5. The summed E-state index contributed by atoms with van der Waals surface area (Å²) >= 11 is 3.12. The quantitative estimate of drug-likeness (QED) is 0.608. The topological polar surface area (TPSA) is 61.2 Å². The summed E-state index contributed by atoms with van der Waals surface area (Å²) in [5.41, 5.74) is -0.381. The lowest BCUT2D eigenvalue weighted by atomic mass is 10.0. The van der Waals surface area contributed by atoms with Crippen LogP contribution in [0.4, 0.5) is 0 Å². The summed E-state index contributed by atoms with van der Waals surface area (Å²) < 4.78 is 6.72. The van der Waals surface area contributed by atoms with Crippen molar-refractivity contribution in [2.75, 3.05) is 6.61 Å². The van der Waals surface area contributed by atoms with Crippen LogP contribution in [0, 0.1) is 6.92 Å². The van der Waals surface area contributed by atoms with Crippen molar-refractivity contribution in [3.63, 3.8) is 0 Å². The molecule has 0 N–H and O–H groups in total. The fourth-order valence-electron chi connectivity index (χ4n) is 3.13. The van der Waals surface area contributed by atoms with Crippen LogP contribution in [0.2, 0.25) is 0 Å². The van der Waals surface area contributed by atoms with Crippen molar-refractivity contribution < 1.29 is 9.53 Å². The minimum Gasteiger partial charge on any atom is -0.464 e. The van der Waals surface area contributed by atoms with Crippen molar-refractivity contribution in [1.29, 1.82) is 0 Å². The minimum absolute atomic E-state index is 0.183. The zero-order valence-electron chi connectivity index (χ0n) is 15.6. The van der Waals surface area contributed by atoms with Gasteiger partial charge in [0.05, 0.1) is 12.0 Å². The van der Waals surface area contributed by atoms with E-state index in [1.807, 2.05) is 31.4 Å². The molecular formula is C19H22N2O3S2. The first-order valence-corrected chi connectivity index (χ1v) is 10.3. The molecule has 3 aromatic rings. The summed E-state index contributed by atoms with van der Waals surface area (Å²) in [6.07, 6.45) is 0.555. The van der Waals surface area contributed by atoms with Crippen LogP contribution in [0.5, 0.6) is 0 Å². The van der Waals surface area contributed by atoms with E-state index in [1.165, 1.54) is 15.9 Å². The zero-order valence-corrected chi connectivity index (χ0v) is 17.2. The van der Waals surface area contributed by atoms with Crippen LogP contribution in [-0.4, -0.2) is 22.1 Å². The summed E-state index contributed by atoms with van der Waals surface area (Å²) in [5, 5.41) is 2.58. The molecule has 0 amide bonds. The second-order valence-electron chi connectivity index (χ2n) is 6.49. The second kappa shape index (κ2) is 6.96. The Labute approximate surface area is 160 Å². The number of hydrogen-bond donors (Lipinski definition) is 0. The average Bonchev–Trinajstić information content (AvgIpc) is 3.21. The highest BCUT2D eigenvalue weighted by molar-refractivity contribution is 7.20. The van der Waals surface area contributed by atoms with Gasteiger partial charge in [0.25, 0.3) is 5.56 Å². The number of aryl methyl sites for hydroxylation is 2. The molecule has 0 saturated carbocycles. The monoisotopic (exact) mass is 390 g/mol. The molecule has 0 aliphatic carbocycles. The number of rotatable bonds is 5. The fourth-order valence-corrected chi connectivity index (χ4v) is 5.08. The average molecular weight is 391 g/mol. The van der Waals surface area contributed by atoms with Crippen LogP contribution in [0.25, 0.3) is 20.7 Å². The van der Waals surface area contributed by atoms with E-state index in [0.717, 1.165) is 20.1 Å². The van der Waals surface area contributed by atoms with E-state index >= 15 is 0 Å². The van der Waals surface area contributed by atoms with Gasteiger partial charge in [-0.2, -0.15) is 0 Å². The summed E-state index contributed by atoms with van der Waals surface area (Å²) in [7, 11) is 0. The van der Waals surface area contributed by atoms with Crippen LogP contribution >= 0.6 is 22.7 Å². The molecule has 0 saturated heterocycles. The van der Waals surface area contributed by atoms with Gasteiger partial charge < -0.3 is 4.74 Å². The number of aromatic nitrogens is 2. The molecule has 0 radical (unpaired) electrons. The third-order valence-corrected chi connectivity index (χ3v) is 6.28. The van der Waals surface area contributed by atoms with Crippen molar-refractivity contribution in [1.82, 2.24) is 9.55 Å². The molecule has 0 fully saturated rings. The number of fused-ring (bicyclic) bond motifs is 1. The van der Waals surface area contributed by atoms with Gasteiger partial charge in [-0.15, -0.1) is 22.7 Å². The van der Waals surface area contributed by atoms with E-state index in [0.29, 0.717) is 17.6 Å². The molecule has 0 spiro atoms. The van der Waals surface area contributed by atoms with Crippen molar-refractivity contribution in [2.24, 2.45) is 0 Å². The number of carbonyl (C=O) groups excluding carboxylic acids is 1. The first kappa shape index (κ1) is 18.8. The summed E-state index contributed by atoms with van der Waals surface area (Å²) in [4.78, 5) is 33.6. The SMILES string of the molecule is CCOC(=O)C(C)(C)n1c(CC)nc2sc(C)c(-c3cccs3)c2c1=O. The Bertz CT molecular complexity index is 1010. The molecule has 26 heavy (non-hydrogen) atoms. The molecule has 7 heteroatoms. The normalized spacial score (nSPS) is 11.9. The lowest BCUT2D eigenvalue weighted by molar-refractivity contribution is -0.152. The van der Waals surface area contributed by atoms with E-state index in [9.17, 15) is 9.59 Å². The smallest absolute Gasteiger partial charge is 0.331 e. The molecule has 5 nitrogen and oxygen atoms in total. The van der Waals surface area contributed by atoms with Crippen LogP contribution in [0.15, 0.2) is 22.3 Å². The summed E-state index contributed by atoms with van der Waals surface area (Å²) in [6, 6.07) is 3.98. The highest BCUT2D eigenvalue weighted by Crippen LogP contribution is 2.38. The Balaban J connectivity index is 2.37. The number of nitrogens with zero attached hydrogens (tertiary/aromatic N) is 2. The molecule has 0 aromatic carbocycles. The van der Waals surface area contributed by atoms with Crippen LogP contribution in [0.1, 0.15) is 38.4 Å². The highest BCUT2D eigenvalue weighted by atomic mass is 32.1. The van der Waals surface area contributed by atoms with Gasteiger partial charge in [-0.3, -0.25) is 9.36 Å². The zero-order chi connectivity index (χ0) is 19.1. The maximum Gasteiger partial charge on any atom is 0.331 e. The van der Waals surface area contributed by atoms with Crippen molar-refractivity contribution >= 4 is 38.9 Å². The third kappa shape index (κ3) is 2.89. The molecule has 138 valence electrons. The van der Waals surface area contributed by atoms with Crippen LogP contribution in [-0.2, 0) is 21.5 Å². The van der Waals surface area contributed by atoms with Crippen LogP contribution < -0.4 is 5.56 Å². The van der Waals surface area contributed by atoms with Crippen molar-refractivity contribution in [3.8, 4) is 10.4 Å². The summed E-state index contributed by atoms with van der Waals surface area (Å²) in [6.45, 7) is 9.40. The molecule has 3 rings (SSSR count). The Morgan fingerprint density at radius 3 is 2.65 bits per heavy atom. The Morgan fingerprint density at radius 2 is 2.08 bits per heavy atom. The van der Waals surface area contributed by atoms with Gasteiger partial charge in [-0.1, -0.05) is 13.0 Å². The lowest BCUT2D eigenvalue weighted by Gasteiger charge is -2.27. The number of esters is 1. The van der Waals surface area contributed by atoms with Crippen LogP contribution in [0.3, 0.4) is 0 Å². The van der Waals surface area contributed by atoms with Gasteiger partial charge >= 0.3 is 5.97 Å². The molecule has 3 aromatic heterocycles. The summed E-state index contributed by atoms with van der Waals surface area (Å²) in [5.74, 6) is 0.169. The molecular weight excluding hydrogens is 368 g/mol. The van der Waals surface area contributed by atoms with Gasteiger partial charge in [-0.25, -0.2) is 9.78 Å². The maximum atomic E-state index is 13.5. The van der Waals surface area contributed by atoms with Crippen molar-refractivity contribution in [3.05, 3.63) is 38.6 Å². The van der Waals surface area contributed by atoms with E-state index in [2.05, 4.69) is 0 Å². The van der Waals surface area contributed by atoms with E-state index in [1.54, 1.807) is 32.1 Å². The van der Waals surface area contributed by atoms with Gasteiger partial charge in [0, 0.05) is 21.7 Å². The van der Waals surface area contributed by atoms with E-state index < -0.39 is 11.5 Å².